The van der Waals surface area contributed by atoms with Crippen LogP contribution in [-0.2, 0) is 13.7 Å². The van der Waals surface area contributed by atoms with Gasteiger partial charge in [-0.25, -0.2) is 10.4 Å². The molecule has 4 aromatic rings. The lowest BCUT2D eigenvalue weighted by Crippen LogP contribution is -2.01. The van der Waals surface area contributed by atoms with E-state index in [2.05, 4.69) is 38.1 Å². The summed E-state index contributed by atoms with van der Waals surface area (Å²) in [6, 6.07) is 21.9. The lowest BCUT2D eigenvalue weighted by Gasteiger charge is -2.13. The molecular formula is C23H21IN4O2. The number of nitrogens with zero attached hydrogens (tertiary/aromatic N) is 3. The minimum Gasteiger partial charge on any atom is -0.493 e. The van der Waals surface area contributed by atoms with Gasteiger partial charge >= 0.3 is 0 Å². The number of fused-ring (bicyclic) bond motifs is 1. The summed E-state index contributed by atoms with van der Waals surface area (Å²) in [4.78, 5) is 4.55. The number of methoxy groups -OCH3 is 1. The van der Waals surface area contributed by atoms with Gasteiger partial charge in [-0.05, 0) is 58.0 Å². The first kappa shape index (κ1) is 20.2. The molecule has 0 bridgehead atoms. The van der Waals surface area contributed by atoms with Crippen molar-refractivity contribution in [1.82, 2.24) is 9.55 Å². The molecule has 1 heterocycles. The van der Waals surface area contributed by atoms with E-state index in [-0.39, 0.29) is 0 Å². The number of benzene rings is 3. The maximum absolute atomic E-state index is 6.02. The fourth-order valence-corrected chi connectivity index (χ4v) is 3.88. The second-order valence-electron chi connectivity index (χ2n) is 6.66. The molecule has 0 saturated heterocycles. The second kappa shape index (κ2) is 9.17. The normalized spacial score (nSPS) is 11.2. The van der Waals surface area contributed by atoms with Gasteiger partial charge in [0.25, 0.3) is 0 Å². The lowest BCUT2D eigenvalue weighted by atomic mass is 10.2. The summed E-state index contributed by atoms with van der Waals surface area (Å²) >= 11 is 2.25. The van der Waals surface area contributed by atoms with Crippen LogP contribution in [0.5, 0.6) is 11.5 Å². The maximum atomic E-state index is 6.02. The van der Waals surface area contributed by atoms with Gasteiger partial charge in [-0.3, -0.25) is 0 Å². The highest BCUT2D eigenvalue weighted by Gasteiger charge is 2.12. The third-order valence-electron chi connectivity index (χ3n) is 4.64. The number of anilines is 1. The molecule has 7 heteroatoms. The summed E-state index contributed by atoms with van der Waals surface area (Å²) in [5.41, 5.74) is 6.99. The predicted molar refractivity (Wildman–Crippen MR) is 128 cm³/mol. The molecule has 3 aromatic carbocycles. The summed E-state index contributed by atoms with van der Waals surface area (Å²) in [5.74, 6) is 2.07. The molecule has 0 aliphatic rings. The van der Waals surface area contributed by atoms with Crippen molar-refractivity contribution in [2.45, 2.75) is 6.61 Å². The van der Waals surface area contributed by atoms with E-state index in [4.69, 9.17) is 9.47 Å². The van der Waals surface area contributed by atoms with Gasteiger partial charge in [0.05, 0.1) is 27.9 Å². The third kappa shape index (κ3) is 4.40. The van der Waals surface area contributed by atoms with Crippen LogP contribution in [0, 0.1) is 3.57 Å². The summed E-state index contributed by atoms with van der Waals surface area (Å²) in [6.07, 6.45) is 1.74. The van der Waals surface area contributed by atoms with Gasteiger partial charge in [-0.15, -0.1) is 0 Å². The summed E-state index contributed by atoms with van der Waals surface area (Å²) in [7, 11) is 3.59. The van der Waals surface area contributed by atoms with Crippen LogP contribution in [0.1, 0.15) is 11.1 Å². The largest absolute Gasteiger partial charge is 0.493 e. The highest BCUT2D eigenvalue weighted by Crippen LogP contribution is 2.34. The molecule has 1 N–H and O–H groups in total. The molecule has 0 amide bonds. The minimum absolute atomic E-state index is 0.481. The predicted octanol–water partition coefficient (Wildman–Crippen LogP) is 5.21. The van der Waals surface area contributed by atoms with E-state index in [1.165, 1.54) is 0 Å². The number of halogens is 1. The molecule has 152 valence electrons. The van der Waals surface area contributed by atoms with Crippen LogP contribution in [0.15, 0.2) is 71.8 Å². The molecule has 0 unspecified atom stereocenters. The number of rotatable bonds is 7. The molecule has 0 aliphatic carbocycles. The van der Waals surface area contributed by atoms with Gasteiger partial charge in [0.1, 0.15) is 6.61 Å². The van der Waals surface area contributed by atoms with Crippen molar-refractivity contribution < 1.29 is 9.47 Å². The molecule has 4 rings (SSSR count). The van der Waals surface area contributed by atoms with Crippen LogP contribution in [0.3, 0.4) is 0 Å². The first-order valence-corrected chi connectivity index (χ1v) is 10.5. The molecular weight excluding hydrogens is 491 g/mol. The average Bonchev–Trinajstić information content (AvgIpc) is 3.09. The molecule has 6 nitrogen and oxygen atoms in total. The molecule has 0 fully saturated rings. The van der Waals surface area contributed by atoms with Gasteiger partial charge in [0.2, 0.25) is 5.95 Å². The number of ether oxygens (including phenoxy) is 2. The Hall–Kier alpha value is -3.07. The first-order chi connectivity index (χ1) is 14.7. The van der Waals surface area contributed by atoms with Crippen molar-refractivity contribution in [1.29, 1.82) is 0 Å². The smallest absolute Gasteiger partial charge is 0.224 e. The fraction of sp³-hybridized carbons (Fsp3) is 0.130. The average molecular weight is 512 g/mol. The molecule has 0 spiro atoms. The van der Waals surface area contributed by atoms with Crippen molar-refractivity contribution in [2.75, 3.05) is 12.5 Å². The fourth-order valence-electron chi connectivity index (χ4n) is 3.09. The van der Waals surface area contributed by atoms with E-state index < -0.39 is 0 Å². The number of hydrogen-bond acceptors (Lipinski definition) is 5. The summed E-state index contributed by atoms with van der Waals surface area (Å²) < 4.78 is 14.5. The number of hydrogen-bond donors (Lipinski definition) is 1. The van der Waals surface area contributed by atoms with Crippen molar-refractivity contribution in [2.24, 2.45) is 12.1 Å². The van der Waals surface area contributed by atoms with E-state index in [9.17, 15) is 0 Å². The Labute approximate surface area is 188 Å². The Morgan fingerprint density at radius 3 is 2.63 bits per heavy atom. The maximum Gasteiger partial charge on any atom is 0.224 e. The number of aryl methyl sites for hydroxylation is 1. The van der Waals surface area contributed by atoms with Crippen LogP contribution in [0.4, 0.5) is 5.95 Å². The van der Waals surface area contributed by atoms with E-state index in [0.29, 0.717) is 18.3 Å². The van der Waals surface area contributed by atoms with Crippen molar-refractivity contribution >= 4 is 45.8 Å². The Balaban J connectivity index is 1.50. The third-order valence-corrected chi connectivity index (χ3v) is 5.44. The molecule has 1 aromatic heterocycles. The summed E-state index contributed by atoms with van der Waals surface area (Å²) in [5, 5.41) is 4.35. The zero-order chi connectivity index (χ0) is 20.9. The monoisotopic (exact) mass is 512 g/mol. The van der Waals surface area contributed by atoms with Crippen LogP contribution in [0.2, 0.25) is 0 Å². The minimum atomic E-state index is 0.481. The topological polar surface area (TPSA) is 60.7 Å². The van der Waals surface area contributed by atoms with Crippen LogP contribution >= 0.6 is 22.6 Å². The molecule has 30 heavy (non-hydrogen) atoms. The van der Waals surface area contributed by atoms with Gasteiger partial charge < -0.3 is 14.0 Å². The molecule has 0 saturated carbocycles. The quantitative estimate of drug-likeness (QED) is 0.210. The summed E-state index contributed by atoms with van der Waals surface area (Å²) in [6.45, 7) is 0.481. The zero-order valence-electron chi connectivity index (χ0n) is 16.7. The van der Waals surface area contributed by atoms with Crippen molar-refractivity contribution in [3.8, 4) is 11.5 Å². The second-order valence-corrected chi connectivity index (χ2v) is 7.82. The van der Waals surface area contributed by atoms with Crippen molar-refractivity contribution in [3.63, 3.8) is 0 Å². The lowest BCUT2D eigenvalue weighted by molar-refractivity contribution is 0.282. The number of nitrogens with one attached hydrogen (secondary N) is 1. The Kier molecular flexibility index (Phi) is 6.18. The highest BCUT2D eigenvalue weighted by molar-refractivity contribution is 14.1. The van der Waals surface area contributed by atoms with Crippen LogP contribution in [-0.4, -0.2) is 22.9 Å². The van der Waals surface area contributed by atoms with Gasteiger partial charge in [-0.1, -0.05) is 42.5 Å². The van der Waals surface area contributed by atoms with Gasteiger partial charge in [0, 0.05) is 7.05 Å². The van der Waals surface area contributed by atoms with E-state index in [1.807, 2.05) is 78.3 Å². The Bertz CT molecular complexity index is 1190. The first-order valence-electron chi connectivity index (χ1n) is 9.40. The Morgan fingerprint density at radius 2 is 1.87 bits per heavy atom. The van der Waals surface area contributed by atoms with E-state index >= 15 is 0 Å². The number of imidazole rings is 1. The van der Waals surface area contributed by atoms with Gasteiger partial charge in [-0.2, -0.15) is 5.10 Å². The van der Waals surface area contributed by atoms with Crippen LogP contribution in [0.25, 0.3) is 11.0 Å². The highest BCUT2D eigenvalue weighted by atomic mass is 127. The van der Waals surface area contributed by atoms with E-state index in [0.717, 1.165) is 31.5 Å². The Morgan fingerprint density at radius 1 is 1.10 bits per heavy atom. The molecule has 0 aliphatic heterocycles. The van der Waals surface area contributed by atoms with Crippen LogP contribution < -0.4 is 14.9 Å². The number of hydrazone groups is 1. The SMILES string of the molecule is COc1cc(/C=N\Nc2nc3ccccc3n2C)cc(I)c1OCc1ccccc1. The molecule has 0 radical (unpaired) electrons. The molecule has 0 atom stereocenters. The van der Waals surface area contributed by atoms with Crippen molar-refractivity contribution in [3.05, 3.63) is 81.4 Å². The number of aromatic nitrogens is 2. The zero-order valence-corrected chi connectivity index (χ0v) is 18.8. The van der Waals surface area contributed by atoms with Gasteiger partial charge in [0.15, 0.2) is 11.5 Å². The standard InChI is InChI=1S/C23H21IN4O2/c1-28-20-11-7-6-10-19(20)26-23(28)27-25-14-17-12-18(24)22(21(13-17)29-2)30-15-16-8-4-3-5-9-16/h3-14H,15H2,1-2H3,(H,26,27)/b25-14-. The van der Waals surface area contributed by atoms with E-state index in [1.54, 1.807) is 13.3 Å². The number of para-hydroxylation sites is 2.